The van der Waals surface area contributed by atoms with Crippen LogP contribution in [0.4, 0.5) is 0 Å². The Bertz CT molecular complexity index is 1010. The summed E-state index contributed by atoms with van der Waals surface area (Å²) in [4.78, 5) is 13.2. The highest BCUT2D eigenvalue weighted by Crippen LogP contribution is 2.32. The van der Waals surface area contributed by atoms with E-state index in [1.54, 1.807) is 66.7 Å². The molecular weight excluding hydrogens is 396 g/mol. The Hall–Kier alpha value is -3.97. The third-order valence-corrected chi connectivity index (χ3v) is 4.90. The highest BCUT2D eigenvalue weighted by atomic mass is 16.5. The van der Waals surface area contributed by atoms with E-state index in [2.05, 4.69) is 17.4 Å². The first-order chi connectivity index (χ1) is 14.9. The topological polar surface area (TPSA) is 100 Å². The average molecular weight is 420 g/mol. The lowest BCUT2D eigenvalue weighted by molar-refractivity contribution is -0.137. The fraction of sp³-hybridized carbons (Fsp3) is 0.125. The zero-order chi connectivity index (χ0) is 22.4. The highest BCUT2D eigenvalue weighted by molar-refractivity contribution is 5.90. The summed E-state index contributed by atoms with van der Waals surface area (Å²) >= 11 is 0. The largest absolute Gasteiger partial charge is 0.507 e. The molecule has 0 aromatic heterocycles. The Kier molecular flexibility index (Phi) is 6.47. The van der Waals surface area contributed by atoms with Crippen molar-refractivity contribution in [2.24, 2.45) is 0 Å². The van der Waals surface area contributed by atoms with Gasteiger partial charge in [-0.25, -0.2) is 0 Å². The second kappa shape index (κ2) is 9.23. The third kappa shape index (κ3) is 4.46. The zero-order valence-corrected chi connectivity index (χ0v) is 17.3. The van der Waals surface area contributed by atoms with Gasteiger partial charge in [-0.3, -0.25) is 15.6 Å². The molecule has 160 valence electrons. The van der Waals surface area contributed by atoms with Crippen LogP contribution in [-0.4, -0.2) is 30.3 Å². The number of phenolic OH excluding ortho intramolecular Hbond substituents is 1. The Labute approximate surface area is 180 Å². The van der Waals surface area contributed by atoms with Crippen LogP contribution >= 0.6 is 0 Å². The molecular formula is C24H24N2O5. The number of hydrazine groups is 1. The molecule has 7 heteroatoms. The van der Waals surface area contributed by atoms with Gasteiger partial charge >= 0.3 is 0 Å². The number of aliphatic hydroxyl groups is 1. The zero-order valence-electron chi connectivity index (χ0n) is 17.3. The first-order valence-electron chi connectivity index (χ1n) is 9.45. The van der Waals surface area contributed by atoms with E-state index >= 15 is 0 Å². The van der Waals surface area contributed by atoms with Crippen LogP contribution in [0.2, 0.25) is 0 Å². The van der Waals surface area contributed by atoms with Crippen LogP contribution in [0.1, 0.15) is 16.7 Å². The lowest BCUT2D eigenvalue weighted by Gasteiger charge is -2.29. The van der Waals surface area contributed by atoms with Crippen LogP contribution in [-0.2, 0) is 10.4 Å². The molecule has 0 fully saturated rings. The first-order valence-corrected chi connectivity index (χ1v) is 9.45. The molecule has 0 bridgehead atoms. The number of ether oxygens (including phenoxy) is 2. The molecule has 0 aliphatic heterocycles. The summed E-state index contributed by atoms with van der Waals surface area (Å²) in [7, 11) is 3.07. The van der Waals surface area contributed by atoms with Crippen molar-refractivity contribution in [3.05, 3.63) is 96.1 Å². The number of rotatable bonds is 8. The molecule has 0 saturated carbocycles. The Balaban J connectivity index is 1.91. The van der Waals surface area contributed by atoms with Gasteiger partial charge in [0.25, 0.3) is 5.91 Å². The molecule has 0 saturated heterocycles. The lowest BCUT2D eigenvalue weighted by atomic mass is 9.85. The molecule has 0 atom stereocenters. The summed E-state index contributed by atoms with van der Waals surface area (Å²) in [5, 5.41) is 21.5. The summed E-state index contributed by atoms with van der Waals surface area (Å²) in [5.41, 5.74) is 4.49. The number of carbonyl (C=O) groups is 1. The van der Waals surface area contributed by atoms with E-state index in [0.717, 1.165) is 0 Å². The summed E-state index contributed by atoms with van der Waals surface area (Å²) < 4.78 is 10.3. The number of carbonyl (C=O) groups excluding carboxylic acids is 1. The molecule has 0 unspecified atom stereocenters. The fourth-order valence-corrected chi connectivity index (χ4v) is 3.11. The van der Waals surface area contributed by atoms with Gasteiger partial charge in [0.05, 0.1) is 19.9 Å². The molecule has 31 heavy (non-hydrogen) atoms. The van der Waals surface area contributed by atoms with Crippen LogP contribution in [0.25, 0.3) is 5.70 Å². The standard InChI is InChI=1S/C24H24N2O5/c1-16(21-6-4-5-7-22(21)27)25-26-23(28)24(29,17-8-12-19(30-2)13-9-17)18-10-14-20(31-3)15-11-18/h4-15,25,27,29H,1H2,2-3H3,(H,26,28). The van der Waals surface area contributed by atoms with Crippen molar-refractivity contribution in [1.82, 2.24) is 10.9 Å². The quantitative estimate of drug-likeness (QED) is 0.418. The number of hydrogen-bond donors (Lipinski definition) is 4. The van der Waals surface area contributed by atoms with Gasteiger partial charge < -0.3 is 19.7 Å². The average Bonchev–Trinajstić information content (AvgIpc) is 2.82. The minimum atomic E-state index is -2.02. The number of amides is 1. The number of nitrogens with one attached hydrogen (secondary N) is 2. The molecule has 7 nitrogen and oxygen atoms in total. The molecule has 3 aromatic carbocycles. The molecule has 3 aromatic rings. The van der Waals surface area contributed by atoms with Crippen molar-refractivity contribution in [3.8, 4) is 17.2 Å². The maximum Gasteiger partial charge on any atom is 0.279 e. The minimum Gasteiger partial charge on any atom is -0.507 e. The summed E-state index contributed by atoms with van der Waals surface area (Å²) in [6.07, 6.45) is 0. The number of para-hydroxylation sites is 1. The summed E-state index contributed by atoms with van der Waals surface area (Å²) in [6.45, 7) is 3.83. The van der Waals surface area contributed by atoms with Gasteiger partial charge in [0, 0.05) is 5.56 Å². The molecule has 1 amide bonds. The molecule has 0 heterocycles. The Morgan fingerprint density at radius 3 is 1.77 bits per heavy atom. The third-order valence-electron chi connectivity index (χ3n) is 4.90. The van der Waals surface area contributed by atoms with E-state index in [1.807, 2.05) is 0 Å². The van der Waals surface area contributed by atoms with Crippen molar-refractivity contribution in [1.29, 1.82) is 0 Å². The Morgan fingerprint density at radius 2 is 1.32 bits per heavy atom. The molecule has 0 radical (unpaired) electrons. The molecule has 0 aliphatic carbocycles. The SMILES string of the molecule is C=C(NNC(=O)C(O)(c1ccc(OC)cc1)c1ccc(OC)cc1)c1ccccc1O. The van der Waals surface area contributed by atoms with Crippen LogP contribution in [0, 0.1) is 0 Å². The van der Waals surface area contributed by atoms with Gasteiger partial charge in [-0.15, -0.1) is 0 Å². The van der Waals surface area contributed by atoms with Gasteiger partial charge in [-0.1, -0.05) is 43.0 Å². The normalized spacial score (nSPS) is 10.8. The van der Waals surface area contributed by atoms with Crippen LogP contribution in [0.3, 0.4) is 0 Å². The minimum absolute atomic E-state index is 0.00909. The van der Waals surface area contributed by atoms with E-state index in [-0.39, 0.29) is 11.4 Å². The van der Waals surface area contributed by atoms with Crippen molar-refractivity contribution in [2.75, 3.05) is 14.2 Å². The van der Waals surface area contributed by atoms with Crippen LogP contribution in [0.5, 0.6) is 17.2 Å². The second-order valence-electron chi connectivity index (χ2n) is 6.74. The smallest absolute Gasteiger partial charge is 0.279 e. The van der Waals surface area contributed by atoms with Crippen molar-refractivity contribution in [3.63, 3.8) is 0 Å². The summed E-state index contributed by atoms with van der Waals surface area (Å²) in [5.74, 6) is 0.453. The van der Waals surface area contributed by atoms with Crippen molar-refractivity contribution in [2.45, 2.75) is 5.60 Å². The number of hydrogen-bond acceptors (Lipinski definition) is 6. The van der Waals surface area contributed by atoms with Crippen molar-refractivity contribution >= 4 is 11.6 Å². The second-order valence-corrected chi connectivity index (χ2v) is 6.74. The van der Waals surface area contributed by atoms with Crippen LogP contribution in [0.15, 0.2) is 79.4 Å². The van der Waals surface area contributed by atoms with E-state index < -0.39 is 11.5 Å². The first kappa shape index (κ1) is 21.7. The lowest BCUT2D eigenvalue weighted by Crippen LogP contribution is -2.49. The maximum absolute atomic E-state index is 13.2. The van der Waals surface area contributed by atoms with Gasteiger partial charge in [0.2, 0.25) is 0 Å². The number of aromatic hydroxyl groups is 1. The number of phenols is 1. The maximum atomic E-state index is 13.2. The number of benzene rings is 3. The van der Waals surface area contributed by atoms with E-state index in [4.69, 9.17) is 9.47 Å². The van der Waals surface area contributed by atoms with E-state index in [9.17, 15) is 15.0 Å². The van der Waals surface area contributed by atoms with Crippen LogP contribution < -0.4 is 20.3 Å². The fourth-order valence-electron chi connectivity index (χ4n) is 3.11. The highest BCUT2D eigenvalue weighted by Gasteiger charge is 2.40. The molecule has 4 N–H and O–H groups in total. The van der Waals surface area contributed by atoms with E-state index in [1.165, 1.54) is 20.3 Å². The van der Waals surface area contributed by atoms with Gasteiger partial charge in [0.1, 0.15) is 17.2 Å². The van der Waals surface area contributed by atoms with Gasteiger partial charge in [-0.05, 0) is 47.5 Å². The number of methoxy groups -OCH3 is 2. The molecule has 0 aliphatic rings. The van der Waals surface area contributed by atoms with E-state index in [0.29, 0.717) is 28.2 Å². The molecule has 3 rings (SSSR count). The van der Waals surface area contributed by atoms with Crippen molar-refractivity contribution < 1.29 is 24.5 Å². The summed E-state index contributed by atoms with van der Waals surface area (Å²) in [6, 6.07) is 19.6. The monoisotopic (exact) mass is 420 g/mol. The molecule has 0 spiro atoms. The predicted molar refractivity (Wildman–Crippen MR) is 117 cm³/mol. The Morgan fingerprint density at radius 1 is 0.839 bits per heavy atom. The van der Waals surface area contributed by atoms with Gasteiger partial charge in [-0.2, -0.15) is 0 Å². The van der Waals surface area contributed by atoms with Gasteiger partial charge in [0.15, 0.2) is 5.60 Å². The predicted octanol–water partition coefficient (Wildman–Crippen LogP) is 2.94.